The molecule has 1 spiro atoms. The van der Waals surface area contributed by atoms with Crippen LogP contribution in [0.15, 0.2) is 29.8 Å². The smallest absolute Gasteiger partial charge is 0.341 e. The van der Waals surface area contributed by atoms with E-state index in [1.807, 2.05) is 6.07 Å². The van der Waals surface area contributed by atoms with Gasteiger partial charge in [0, 0.05) is 23.9 Å². The van der Waals surface area contributed by atoms with Crippen molar-refractivity contribution in [3.8, 4) is 6.07 Å². The minimum atomic E-state index is -4.83. The Kier molecular flexibility index (Phi) is 4.61. The van der Waals surface area contributed by atoms with Gasteiger partial charge in [-0.25, -0.2) is 4.39 Å². The maximum absolute atomic E-state index is 13.4. The molecule has 0 saturated carbocycles. The predicted molar refractivity (Wildman–Crippen MR) is 91.2 cm³/mol. The number of nitriles is 1. The molecular formula is C20H18F4N2O2. The van der Waals surface area contributed by atoms with E-state index in [1.54, 1.807) is 19.9 Å². The summed E-state index contributed by atoms with van der Waals surface area (Å²) in [6, 6.07) is 4.43. The van der Waals surface area contributed by atoms with Gasteiger partial charge >= 0.3 is 6.18 Å². The minimum absolute atomic E-state index is 0.0760. The summed E-state index contributed by atoms with van der Waals surface area (Å²) in [6.45, 7) is 4.09. The number of likely N-dealkylation sites (tertiary alicyclic amines) is 1. The number of halogens is 4. The molecule has 1 aliphatic carbocycles. The number of carbonyl (C=O) groups excluding carboxylic acids is 2. The molecule has 0 aromatic heterocycles. The molecule has 1 aromatic carbocycles. The van der Waals surface area contributed by atoms with E-state index < -0.39 is 28.4 Å². The largest absolute Gasteiger partial charge is 0.419 e. The van der Waals surface area contributed by atoms with Gasteiger partial charge < -0.3 is 4.90 Å². The van der Waals surface area contributed by atoms with Crippen molar-refractivity contribution in [1.29, 1.82) is 5.26 Å². The number of allylic oxidation sites excluding steroid dienone is 1. The van der Waals surface area contributed by atoms with Crippen LogP contribution in [0.2, 0.25) is 0 Å². The molecule has 28 heavy (non-hydrogen) atoms. The summed E-state index contributed by atoms with van der Waals surface area (Å²) in [4.78, 5) is 26.1. The summed E-state index contributed by atoms with van der Waals surface area (Å²) in [5, 5.41) is 9.19. The number of benzene rings is 1. The number of amides is 1. The molecule has 8 heteroatoms. The summed E-state index contributed by atoms with van der Waals surface area (Å²) in [5.41, 5.74) is -2.43. The third-order valence-electron chi connectivity index (χ3n) is 5.28. The average Bonchev–Trinajstić information content (AvgIpc) is 2.55. The van der Waals surface area contributed by atoms with Gasteiger partial charge in [0.2, 0.25) is 5.91 Å². The maximum Gasteiger partial charge on any atom is 0.419 e. The van der Waals surface area contributed by atoms with Crippen molar-refractivity contribution < 1.29 is 27.2 Å². The molecule has 1 aliphatic heterocycles. The first-order valence-electron chi connectivity index (χ1n) is 8.68. The van der Waals surface area contributed by atoms with Crippen molar-refractivity contribution in [1.82, 2.24) is 4.90 Å². The first kappa shape index (κ1) is 20.1. The SMILES string of the molecule is CC1(C)CC2(C=C(C#N)C1=O)CN(C(=O)Cc1ccc(F)c(C(F)(F)F)c1)C2. The van der Waals surface area contributed by atoms with Gasteiger partial charge in [-0.15, -0.1) is 0 Å². The Morgan fingerprint density at radius 3 is 2.50 bits per heavy atom. The van der Waals surface area contributed by atoms with Crippen LogP contribution in [-0.4, -0.2) is 29.7 Å². The normalized spacial score (nSPS) is 20.4. The van der Waals surface area contributed by atoms with Crippen molar-refractivity contribution in [2.45, 2.75) is 32.9 Å². The summed E-state index contributed by atoms with van der Waals surface area (Å²) in [5.74, 6) is -1.99. The zero-order chi connectivity index (χ0) is 20.9. The Labute approximate surface area is 159 Å². The highest BCUT2D eigenvalue weighted by Crippen LogP contribution is 2.48. The number of Topliss-reactive ketones (excluding diaryl/α,β-unsaturated/α-hetero) is 1. The lowest BCUT2D eigenvalue weighted by Gasteiger charge is -2.53. The highest BCUT2D eigenvalue weighted by molar-refractivity contribution is 6.03. The van der Waals surface area contributed by atoms with Crippen LogP contribution in [0.25, 0.3) is 0 Å². The van der Waals surface area contributed by atoms with Crippen LogP contribution >= 0.6 is 0 Å². The second-order valence-corrected chi connectivity index (χ2v) is 8.16. The molecule has 1 fully saturated rings. The number of hydrogen-bond donors (Lipinski definition) is 0. The van der Waals surface area contributed by atoms with E-state index in [0.29, 0.717) is 31.6 Å². The quantitative estimate of drug-likeness (QED) is 0.720. The Morgan fingerprint density at radius 2 is 1.93 bits per heavy atom. The van der Waals surface area contributed by atoms with Gasteiger partial charge in [-0.3, -0.25) is 9.59 Å². The predicted octanol–water partition coefficient (Wildman–Crippen LogP) is 3.66. The highest BCUT2D eigenvalue weighted by atomic mass is 19.4. The first-order valence-corrected chi connectivity index (χ1v) is 8.68. The minimum Gasteiger partial charge on any atom is -0.341 e. The summed E-state index contributed by atoms with van der Waals surface area (Å²) in [7, 11) is 0. The van der Waals surface area contributed by atoms with Gasteiger partial charge in [0.25, 0.3) is 0 Å². The molecule has 0 radical (unpaired) electrons. The molecule has 148 valence electrons. The summed E-state index contributed by atoms with van der Waals surface area (Å²) < 4.78 is 51.8. The highest BCUT2D eigenvalue weighted by Gasteiger charge is 2.52. The van der Waals surface area contributed by atoms with Gasteiger partial charge in [0.05, 0.1) is 17.6 Å². The molecule has 1 amide bonds. The molecule has 1 saturated heterocycles. The molecule has 4 nitrogen and oxygen atoms in total. The molecule has 0 bridgehead atoms. The fraction of sp³-hybridized carbons (Fsp3) is 0.450. The van der Waals surface area contributed by atoms with Gasteiger partial charge in [-0.05, 0) is 24.1 Å². The van der Waals surface area contributed by atoms with E-state index in [0.717, 1.165) is 6.07 Å². The van der Waals surface area contributed by atoms with Crippen molar-refractivity contribution in [3.63, 3.8) is 0 Å². The lowest BCUT2D eigenvalue weighted by atomic mass is 9.61. The molecule has 1 aromatic rings. The van der Waals surface area contributed by atoms with Crippen LogP contribution < -0.4 is 0 Å². The van der Waals surface area contributed by atoms with Crippen LogP contribution in [0.3, 0.4) is 0 Å². The Morgan fingerprint density at radius 1 is 1.29 bits per heavy atom. The van der Waals surface area contributed by atoms with Crippen LogP contribution in [-0.2, 0) is 22.2 Å². The zero-order valence-electron chi connectivity index (χ0n) is 15.4. The molecule has 2 aliphatic rings. The zero-order valence-corrected chi connectivity index (χ0v) is 15.4. The molecule has 0 N–H and O–H groups in total. The fourth-order valence-electron chi connectivity index (χ4n) is 4.11. The second kappa shape index (κ2) is 6.43. The number of carbonyl (C=O) groups is 2. The monoisotopic (exact) mass is 394 g/mol. The van der Waals surface area contributed by atoms with Crippen LogP contribution in [0.4, 0.5) is 17.6 Å². The Balaban J connectivity index is 1.72. The van der Waals surface area contributed by atoms with Gasteiger partial charge in [-0.2, -0.15) is 18.4 Å². The number of alkyl halides is 3. The standard InChI is InChI=1S/C20H18F4N2O2/c1-18(2)9-19(7-13(8-25)17(18)28)10-26(11-19)16(27)6-12-3-4-15(21)14(5-12)20(22,23)24/h3-5,7H,6,9-11H2,1-2H3. The number of rotatable bonds is 2. The van der Waals surface area contributed by atoms with E-state index >= 15 is 0 Å². The number of nitrogens with zero attached hydrogens (tertiary/aromatic N) is 2. The van der Waals surface area contributed by atoms with Crippen LogP contribution in [0, 0.1) is 28.0 Å². The Hall–Kier alpha value is -2.69. The van der Waals surface area contributed by atoms with Crippen molar-refractivity contribution in [2.24, 2.45) is 10.8 Å². The van der Waals surface area contributed by atoms with Crippen LogP contribution in [0.1, 0.15) is 31.4 Å². The average molecular weight is 394 g/mol. The third kappa shape index (κ3) is 3.53. The fourth-order valence-corrected chi connectivity index (χ4v) is 4.11. The topological polar surface area (TPSA) is 61.2 Å². The number of hydrogen-bond acceptors (Lipinski definition) is 3. The van der Waals surface area contributed by atoms with E-state index in [9.17, 15) is 32.4 Å². The lowest BCUT2D eigenvalue weighted by molar-refractivity contribution is -0.144. The molecule has 1 heterocycles. The molecule has 0 atom stereocenters. The van der Waals surface area contributed by atoms with Gasteiger partial charge in [-0.1, -0.05) is 26.0 Å². The lowest BCUT2D eigenvalue weighted by Crippen LogP contribution is -2.61. The second-order valence-electron chi connectivity index (χ2n) is 8.16. The number of ketones is 1. The van der Waals surface area contributed by atoms with E-state index in [1.165, 1.54) is 4.90 Å². The molecule has 0 unspecified atom stereocenters. The van der Waals surface area contributed by atoms with Gasteiger partial charge in [0.1, 0.15) is 11.9 Å². The van der Waals surface area contributed by atoms with E-state index in [2.05, 4.69) is 0 Å². The van der Waals surface area contributed by atoms with Crippen molar-refractivity contribution >= 4 is 11.7 Å². The van der Waals surface area contributed by atoms with Crippen LogP contribution in [0.5, 0.6) is 0 Å². The van der Waals surface area contributed by atoms with Crippen molar-refractivity contribution in [3.05, 3.63) is 46.8 Å². The third-order valence-corrected chi connectivity index (χ3v) is 5.28. The molecular weight excluding hydrogens is 376 g/mol. The summed E-state index contributed by atoms with van der Waals surface area (Å²) >= 11 is 0. The molecule has 3 rings (SSSR count). The first-order chi connectivity index (χ1) is 12.9. The summed E-state index contributed by atoms with van der Waals surface area (Å²) in [6.07, 6.45) is -3.01. The Bertz CT molecular complexity index is 919. The van der Waals surface area contributed by atoms with Crippen molar-refractivity contribution in [2.75, 3.05) is 13.1 Å². The maximum atomic E-state index is 13.4. The van der Waals surface area contributed by atoms with E-state index in [-0.39, 0.29) is 29.2 Å². The van der Waals surface area contributed by atoms with Gasteiger partial charge in [0.15, 0.2) is 5.78 Å². The van der Waals surface area contributed by atoms with E-state index in [4.69, 9.17) is 0 Å².